The van der Waals surface area contributed by atoms with Crippen LogP contribution in [-0.2, 0) is 30.0 Å². The van der Waals surface area contributed by atoms with Gasteiger partial charge in [-0.3, -0.25) is 8.89 Å². The highest BCUT2D eigenvalue weighted by molar-refractivity contribution is 7.84. The van der Waals surface area contributed by atoms with Gasteiger partial charge in [-0.1, -0.05) is 24.6 Å². The Morgan fingerprint density at radius 3 is 2.79 bits per heavy atom. The maximum atomic E-state index is 12.3. The van der Waals surface area contributed by atoms with Crippen LogP contribution in [0.4, 0.5) is 5.69 Å². The second kappa shape index (κ2) is 5.75. The third-order valence-corrected chi connectivity index (χ3v) is 4.64. The van der Waals surface area contributed by atoms with E-state index < -0.39 is 10.8 Å². The van der Waals surface area contributed by atoms with Crippen LogP contribution in [0.2, 0.25) is 5.02 Å². The number of nitrogen functional groups attached to an aromatic ring is 1. The van der Waals surface area contributed by atoms with Gasteiger partial charge < -0.3 is 5.73 Å². The van der Waals surface area contributed by atoms with E-state index in [-0.39, 0.29) is 0 Å². The lowest BCUT2D eigenvalue weighted by Crippen LogP contribution is -2.04. The van der Waals surface area contributed by atoms with Crippen LogP contribution in [0.25, 0.3) is 0 Å². The van der Waals surface area contributed by atoms with Crippen molar-refractivity contribution in [3.63, 3.8) is 0 Å². The number of rotatable bonds is 4. The van der Waals surface area contributed by atoms with Crippen LogP contribution in [0, 0.1) is 0 Å². The first-order valence-electron chi connectivity index (χ1n) is 5.97. The van der Waals surface area contributed by atoms with Crippen LogP contribution in [0.1, 0.15) is 18.3 Å². The first-order valence-corrected chi connectivity index (χ1v) is 7.66. The SMILES string of the molecule is CCc1nn(C)c(CS(=O)c2cccc(N)c2)c1Cl. The van der Waals surface area contributed by atoms with Gasteiger partial charge in [0, 0.05) is 17.6 Å². The van der Waals surface area contributed by atoms with Crippen molar-refractivity contribution in [2.45, 2.75) is 24.0 Å². The number of halogens is 1. The van der Waals surface area contributed by atoms with E-state index in [1.165, 1.54) is 0 Å². The summed E-state index contributed by atoms with van der Waals surface area (Å²) in [5, 5.41) is 4.93. The first kappa shape index (κ1) is 14.1. The zero-order valence-electron chi connectivity index (χ0n) is 10.9. The van der Waals surface area contributed by atoms with Crippen LogP contribution in [0.3, 0.4) is 0 Å². The highest BCUT2D eigenvalue weighted by atomic mass is 35.5. The largest absolute Gasteiger partial charge is 0.399 e. The van der Waals surface area contributed by atoms with Crippen molar-refractivity contribution < 1.29 is 4.21 Å². The lowest BCUT2D eigenvalue weighted by Gasteiger charge is -2.04. The molecule has 19 heavy (non-hydrogen) atoms. The fourth-order valence-electron chi connectivity index (χ4n) is 1.84. The summed E-state index contributed by atoms with van der Waals surface area (Å²) in [6, 6.07) is 7.09. The molecule has 1 aromatic heterocycles. The minimum atomic E-state index is -1.18. The number of hydrogen-bond acceptors (Lipinski definition) is 3. The molecule has 0 aliphatic carbocycles. The zero-order valence-corrected chi connectivity index (χ0v) is 12.5. The minimum Gasteiger partial charge on any atom is -0.399 e. The van der Waals surface area contributed by atoms with Crippen molar-refractivity contribution >= 4 is 28.1 Å². The second-order valence-corrected chi connectivity index (χ2v) is 6.08. The molecule has 2 aromatic rings. The summed E-state index contributed by atoms with van der Waals surface area (Å²) >= 11 is 6.25. The number of nitrogens with zero attached hydrogens (tertiary/aromatic N) is 2. The summed E-state index contributed by atoms with van der Waals surface area (Å²) in [6.07, 6.45) is 0.762. The van der Waals surface area contributed by atoms with Crippen molar-refractivity contribution in [3.05, 3.63) is 40.7 Å². The topological polar surface area (TPSA) is 60.9 Å². The second-order valence-electron chi connectivity index (χ2n) is 4.25. The summed E-state index contributed by atoms with van der Waals surface area (Å²) in [6.45, 7) is 1.99. The Bertz CT molecular complexity index is 624. The molecule has 2 N–H and O–H groups in total. The molecule has 0 aliphatic rings. The smallest absolute Gasteiger partial charge is 0.0859 e. The minimum absolute atomic E-state index is 0.339. The summed E-state index contributed by atoms with van der Waals surface area (Å²) in [5.74, 6) is 0.339. The van der Waals surface area contributed by atoms with E-state index in [1.807, 2.05) is 14.0 Å². The summed E-state index contributed by atoms with van der Waals surface area (Å²) in [5.41, 5.74) is 7.93. The van der Waals surface area contributed by atoms with Gasteiger partial charge in [-0.2, -0.15) is 5.10 Å². The third kappa shape index (κ3) is 2.98. The van der Waals surface area contributed by atoms with E-state index in [9.17, 15) is 4.21 Å². The molecule has 0 bridgehead atoms. The standard InChI is InChI=1S/C13H16ClN3OS/c1-3-11-13(14)12(17(2)16-11)8-19(18)10-6-4-5-9(15)7-10/h4-7H,3,8,15H2,1-2H3. The third-order valence-electron chi connectivity index (χ3n) is 2.89. The van der Waals surface area contributed by atoms with Crippen molar-refractivity contribution in [3.8, 4) is 0 Å². The fourth-order valence-corrected chi connectivity index (χ4v) is 3.52. The summed E-state index contributed by atoms with van der Waals surface area (Å²) in [7, 11) is 0.637. The van der Waals surface area contributed by atoms with Crippen LogP contribution in [0.15, 0.2) is 29.2 Å². The summed E-state index contributed by atoms with van der Waals surface area (Å²) in [4.78, 5) is 0.704. The maximum Gasteiger partial charge on any atom is 0.0859 e. The van der Waals surface area contributed by atoms with Crippen molar-refractivity contribution in [2.75, 3.05) is 5.73 Å². The Balaban J connectivity index is 2.27. The van der Waals surface area contributed by atoms with Crippen LogP contribution in [0.5, 0.6) is 0 Å². The predicted octanol–water partition coefficient (Wildman–Crippen LogP) is 2.53. The molecule has 0 fully saturated rings. The Labute approximate surface area is 120 Å². The number of anilines is 1. The van der Waals surface area contributed by atoms with Crippen LogP contribution < -0.4 is 5.73 Å². The average Bonchev–Trinajstić information content (AvgIpc) is 2.66. The molecule has 1 unspecified atom stereocenters. The molecule has 0 radical (unpaired) electrons. The fraction of sp³-hybridized carbons (Fsp3) is 0.308. The zero-order chi connectivity index (χ0) is 14.0. The molecule has 0 saturated heterocycles. The van der Waals surface area contributed by atoms with Gasteiger partial charge >= 0.3 is 0 Å². The van der Waals surface area contributed by atoms with Gasteiger partial charge in [-0.05, 0) is 24.6 Å². The highest BCUT2D eigenvalue weighted by Crippen LogP contribution is 2.24. The Morgan fingerprint density at radius 1 is 1.47 bits per heavy atom. The molecule has 6 heteroatoms. The molecule has 102 valence electrons. The van der Waals surface area contributed by atoms with Crippen LogP contribution in [-0.4, -0.2) is 14.0 Å². The van der Waals surface area contributed by atoms with Crippen LogP contribution >= 0.6 is 11.6 Å². The van der Waals surface area contributed by atoms with Crippen molar-refractivity contribution in [1.82, 2.24) is 9.78 Å². The average molecular weight is 298 g/mol. The molecule has 0 saturated carbocycles. The molecule has 2 rings (SSSR count). The molecule has 1 heterocycles. The van der Waals surface area contributed by atoms with Gasteiger partial charge in [0.25, 0.3) is 0 Å². The Kier molecular flexibility index (Phi) is 4.27. The van der Waals surface area contributed by atoms with E-state index in [4.69, 9.17) is 17.3 Å². The van der Waals surface area contributed by atoms with Gasteiger partial charge in [-0.15, -0.1) is 0 Å². The van der Waals surface area contributed by atoms with Gasteiger partial charge in [-0.25, -0.2) is 0 Å². The van der Waals surface area contributed by atoms with Gasteiger partial charge in [0.2, 0.25) is 0 Å². The van der Waals surface area contributed by atoms with E-state index in [1.54, 1.807) is 28.9 Å². The normalized spacial score (nSPS) is 12.6. The molecule has 0 amide bonds. The van der Waals surface area contributed by atoms with E-state index in [0.29, 0.717) is 21.4 Å². The van der Waals surface area contributed by atoms with Gasteiger partial charge in [0.1, 0.15) is 0 Å². The molecule has 1 aromatic carbocycles. The molecular formula is C13H16ClN3OS. The van der Waals surface area contributed by atoms with Gasteiger partial charge in [0.05, 0.1) is 33.0 Å². The molecule has 0 spiro atoms. The summed E-state index contributed by atoms with van der Waals surface area (Å²) < 4.78 is 14.0. The van der Waals surface area contributed by atoms with E-state index in [0.717, 1.165) is 17.8 Å². The number of hydrogen-bond donors (Lipinski definition) is 1. The van der Waals surface area contributed by atoms with Crippen molar-refractivity contribution in [1.29, 1.82) is 0 Å². The lowest BCUT2D eigenvalue weighted by atomic mass is 10.3. The Morgan fingerprint density at radius 2 is 2.21 bits per heavy atom. The first-order chi connectivity index (χ1) is 9.02. The maximum absolute atomic E-state index is 12.3. The molecule has 1 atom stereocenters. The van der Waals surface area contributed by atoms with Gasteiger partial charge in [0.15, 0.2) is 0 Å². The molecular weight excluding hydrogens is 282 g/mol. The number of aryl methyl sites for hydroxylation is 2. The predicted molar refractivity (Wildman–Crippen MR) is 78.6 cm³/mol. The highest BCUT2D eigenvalue weighted by Gasteiger charge is 2.16. The molecule has 0 aliphatic heterocycles. The Hall–Kier alpha value is -1.33. The number of nitrogens with two attached hydrogens (primary N) is 1. The van der Waals surface area contributed by atoms with Crippen molar-refractivity contribution in [2.24, 2.45) is 7.05 Å². The number of aromatic nitrogens is 2. The number of benzene rings is 1. The van der Waals surface area contributed by atoms with E-state index >= 15 is 0 Å². The lowest BCUT2D eigenvalue weighted by molar-refractivity contribution is 0.675. The quantitative estimate of drug-likeness (QED) is 0.882. The van der Waals surface area contributed by atoms with E-state index in [2.05, 4.69) is 5.10 Å². The monoisotopic (exact) mass is 297 g/mol. The molecule has 4 nitrogen and oxygen atoms in total.